The molecule has 8 nitrogen and oxygen atoms in total. The van der Waals surface area contributed by atoms with Crippen LogP contribution in [0.4, 0.5) is 4.79 Å². The van der Waals surface area contributed by atoms with E-state index >= 15 is 0 Å². The summed E-state index contributed by atoms with van der Waals surface area (Å²) in [6.07, 6.45) is 0.608. The summed E-state index contributed by atoms with van der Waals surface area (Å²) in [5.41, 5.74) is 0.276. The summed E-state index contributed by atoms with van der Waals surface area (Å²) >= 11 is 5.99. The number of amides is 1. The average molecular weight is 336 g/mol. The van der Waals surface area contributed by atoms with E-state index < -0.39 is 11.7 Å². The topological polar surface area (TPSA) is 94.5 Å². The first-order chi connectivity index (χ1) is 10.7. The van der Waals surface area contributed by atoms with Crippen LogP contribution in [0.3, 0.4) is 0 Å². The van der Waals surface area contributed by atoms with E-state index in [9.17, 15) is 10.0 Å². The maximum Gasteiger partial charge on any atom is 0.434 e. The van der Waals surface area contributed by atoms with Crippen molar-refractivity contribution in [2.24, 2.45) is 4.99 Å². The van der Waals surface area contributed by atoms with Gasteiger partial charge in [-0.15, -0.1) is 5.10 Å². The highest BCUT2D eigenvalue weighted by atomic mass is 35.5. The van der Waals surface area contributed by atoms with Crippen molar-refractivity contribution in [2.45, 2.75) is 26.4 Å². The molecule has 0 radical (unpaired) electrons. The van der Waals surface area contributed by atoms with Crippen LogP contribution in [0.5, 0.6) is 0 Å². The zero-order valence-electron chi connectivity index (χ0n) is 12.7. The Morgan fingerprint density at radius 2 is 2.09 bits per heavy atom. The normalized spacial score (nSPS) is 13.0. The van der Waals surface area contributed by atoms with E-state index in [-0.39, 0.29) is 11.2 Å². The van der Waals surface area contributed by atoms with Gasteiger partial charge in [0.2, 0.25) is 5.82 Å². The van der Waals surface area contributed by atoms with Gasteiger partial charge in [0.05, 0.1) is 11.7 Å². The van der Waals surface area contributed by atoms with Gasteiger partial charge in [0.1, 0.15) is 16.5 Å². The molecular formula is C14H14ClN5O3. The van der Waals surface area contributed by atoms with Crippen LogP contribution in [-0.4, -0.2) is 36.6 Å². The third kappa shape index (κ3) is 2.98. The second-order valence-corrected chi connectivity index (χ2v) is 6.32. The number of nitrogens with zero attached hydrogens (tertiary/aromatic N) is 5. The molecule has 1 aromatic carbocycles. The number of hydrogen-bond acceptors (Lipinski definition) is 5. The van der Waals surface area contributed by atoms with Gasteiger partial charge in [0.25, 0.3) is 0 Å². The molecule has 0 aromatic heterocycles. The van der Waals surface area contributed by atoms with Crippen LogP contribution in [0.25, 0.3) is 16.9 Å². The fourth-order valence-electron chi connectivity index (χ4n) is 2.04. The molecule has 3 rings (SSSR count). The minimum atomic E-state index is -0.759. The van der Waals surface area contributed by atoms with Crippen molar-refractivity contribution < 1.29 is 14.7 Å². The van der Waals surface area contributed by atoms with Gasteiger partial charge >= 0.3 is 6.09 Å². The van der Waals surface area contributed by atoms with Gasteiger partial charge < -0.3 is 9.94 Å². The molecule has 2 heterocycles. The van der Waals surface area contributed by atoms with Crippen LogP contribution in [0.2, 0.25) is 5.02 Å². The Kier molecular flexibility index (Phi) is 3.48. The maximum absolute atomic E-state index is 11.8. The molecule has 0 unspecified atom stereocenters. The van der Waals surface area contributed by atoms with Gasteiger partial charge in [-0.05, 0) is 39.0 Å². The molecule has 1 amide bonds. The molecule has 2 aliphatic rings. The predicted octanol–water partition coefficient (Wildman–Crippen LogP) is 2.39. The van der Waals surface area contributed by atoms with E-state index in [1.165, 1.54) is 10.9 Å². The first-order valence-electron chi connectivity index (χ1n) is 6.78. The molecule has 0 atom stereocenters. The molecule has 9 heteroatoms. The summed E-state index contributed by atoms with van der Waals surface area (Å²) in [5, 5.41) is 18.8. The molecule has 0 saturated heterocycles. The van der Waals surface area contributed by atoms with Gasteiger partial charge in [-0.3, -0.25) is 0 Å². The molecule has 0 aliphatic carbocycles. The Hall–Kier alpha value is -2.61. The van der Waals surface area contributed by atoms with Crippen molar-refractivity contribution >= 4 is 28.7 Å². The molecule has 0 spiro atoms. The quantitative estimate of drug-likeness (QED) is 0.636. The maximum atomic E-state index is 11.8. The smallest absolute Gasteiger partial charge is 0.434 e. The highest BCUT2D eigenvalue weighted by Crippen LogP contribution is 2.20. The lowest BCUT2D eigenvalue weighted by Gasteiger charge is -2.17. The number of carbonyl (C=O) groups excluding carboxylic acids is 1. The molecule has 120 valence electrons. The molecule has 2 aliphatic heterocycles. The van der Waals surface area contributed by atoms with E-state index in [1.807, 2.05) is 0 Å². The van der Waals surface area contributed by atoms with Crippen molar-refractivity contribution in [1.29, 1.82) is 0 Å². The van der Waals surface area contributed by atoms with Crippen LogP contribution in [0.1, 0.15) is 20.8 Å². The van der Waals surface area contributed by atoms with Crippen molar-refractivity contribution in [3.8, 4) is 5.82 Å². The summed E-state index contributed by atoms with van der Waals surface area (Å²) in [4.78, 5) is 16.4. The van der Waals surface area contributed by atoms with Crippen LogP contribution in [0, 0.1) is 0 Å². The largest absolute Gasteiger partial charge is 0.442 e. The molecule has 0 fully saturated rings. The van der Waals surface area contributed by atoms with Crippen molar-refractivity contribution in [3.05, 3.63) is 34.8 Å². The Labute approximate surface area is 135 Å². The van der Waals surface area contributed by atoms with Gasteiger partial charge in [0, 0.05) is 5.02 Å². The molecule has 1 aromatic rings. The van der Waals surface area contributed by atoms with Gasteiger partial charge in [-0.25, -0.2) is 9.48 Å². The second kappa shape index (κ2) is 5.24. The standard InChI is InChI=1S/C14H14ClN5O3/c1-14(2,3)23-13(21)17-9-7-16-19-11-6-8(15)4-5-10(11)20(22)18-12(9)19/h4-7,22H,1-3H3/b17-9-. The fraction of sp³-hybridized carbons (Fsp3) is 0.286. The summed E-state index contributed by atoms with van der Waals surface area (Å²) in [6.45, 7) is 5.23. The SMILES string of the molecule is CC(C)(C)OC(=O)/N=c1/cnn2c3cc(Cl)ccc3n(O)nc1-2. The molecule has 0 bridgehead atoms. The lowest BCUT2D eigenvalue weighted by atomic mass is 10.2. The highest BCUT2D eigenvalue weighted by molar-refractivity contribution is 6.31. The zero-order chi connectivity index (χ0) is 16.8. The lowest BCUT2D eigenvalue weighted by Crippen LogP contribution is -2.24. The first-order valence-corrected chi connectivity index (χ1v) is 7.16. The van der Waals surface area contributed by atoms with Crippen LogP contribution < -0.4 is 5.36 Å². The minimum Gasteiger partial charge on any atom is -0.442 e. The van der Waals surface area contributed by atoms with Crippen LogP contribution in [-0.2, 0) is 4.74 Å². The number of carbonyl (C=O) groups is 1. The summed E-state index contributed by atoms with van der Waals surface area (Å²) in [5.74, 6) is 0.202. The first kappa shape index (κ1) is 15.3. The Morgan fingerprint density at radius 3 is 2.78 bits per heavy atom. The van der Waals surface area contributed by atoms with Gasteiger partial charge in [-0.2, -0.15) is 10.1 Å². The van der Waals surface area contributed by atoms with Crippen molar-refractivity contribution in [2.75, 3.05) is 0 Å². The Bertz CT molecular complexity index is 938. The number of ether oxygens (including phenoxy) is 1. The fourth-order valence-corrected chi connectivity index (χ4v) is 2.21. The Morgan fingerprint density at radius 1 is 1.35 bits per heavy atom. The minimum absolute atomic E-state index is 0.184. The monoisotopic (exact) mass is 335 g/mol. The summed E-state index contributed by atoms with van der Waals surface area (Å²) < 4.78 is 6.58. The average Bonchev–Trinajstić information content (AvgIpc) is 2.79. The number of aromatic nitrogens is 4. The Balaban J connectivity index is 2.16. The second-order valence-electron chi connectivity index (χ2n) is 5.88. The predicted molar refractivity (Wildman–Crippen MR) is 82.0 cm³/mol. The number of rotatable bonds is 0. The summed E-state index contributed by atoms with van der Waals surface area (Å²) in [6, 6.07) is 4.86. The van der Waals surface area contributed by atoms with E-state index in [0.29, 0.717) is 20.9 Å². The summed E-state index contributed by atoms with van der Waals surface area (Å²) in [7, 11) is 0. The molecule has 0 saturated carbocycles. The van der Waals surface area contributed by atoms with E-state index in [0.717, 1.165) is 0 Å². The van der Waals surface area contributed by atoms with Crippen molar-refractivity contribution in [1.82, 2.24) is 19.7 Å². The molecular weight excluding hydrogens is 322 g/mol. The van der Waals surface area contributed by atoms with Crippen molar-refractivity contribution in [3.63, 3.8) is 0 Å². The van der Waals surface area contributed by atoms with E-state index in [4.69, 9.17) is 16.3 Å². The zero-order valence-corrected chi connectivity index (χ0v) is 13.4. The van der Waals surface area contributed by atoms with E-state index in [1.54, 1.807) is 39.0 Å². The van der Waals surface area contributed by atoms with Crippen LogP contribution >= 0.6 is 11.6 Å². The van der Waals surface area contributed by atoms with Gasteiger partial charge in [-0.1, -0.05) is 16.4 Å². The molecule has 1 N–H and O–H groups in total. The third-order valence-electron chi connectivity index (χ3n) is 2.90. The number of halogens is 1. The third-order valence-corrected chi connectivity index (χ3v) is 3.14. The van der Waals surface area contributed by atoms with Crippen LogP contribution in [0.15, 0.2) is 29.4 Å². The number of fused-ring (bicyclic) bond motifs is 3. The molecule has 23 heavy (non-hydrogen) atoms. The van der Waals surface area contributed by atoms with Gasteiger partial charge in [0.15, 0.2) is 0 Å². The highest BCUT2D eigenvalue weighted by Gasteiger charge is 2.18. The lowest BCUT2D eigenvalue weighted by molar-refractivity contribution is 0.0597. The number of benzene rings is 1. The van der Waals surface area contributed by atoms with E-state index in [2.05, 4.69) is 15.2 Å². The number of hydrogen-bond donors (Lipinski definition) is 1.